The van der Waals surface area contributed by atoms with Crippen LogP contribution in [0.3, 0.4) is 0 Å². The maximum absolute atomic E-state index is 4.03. The van der Waals surface area contributed by atoms with E-state index in [0.29, 0.717) is 5.95 Å². The lowest BCUT2D eigenvalue weighted by atomic mass is 10.4. The smallest absolute Gasteiger partial charge is 0.232 e. The van der Waals surface area contributed by atoms with Crippen molar-refractivity contribution < 1.29 is 0 Å². The van der Waals surface area contributed by atoms with Gasteiger partial charge in [-0.15, -0.1) is 0 Å². The number of hydrogen-bond acceptors (Lipinski definition) is 4. The molecule has 4 heteroatoms. The standard InChI is InChI=1S/C8H13N3S/c1-2-3-7-12-11-8-9-5-4-6-10-8/h4-6H,2-3,7H2,1H3,(H,9,10,11). The number of hydrogen-bond donors (Lipinski definition) is 1. The van der Waals surface area contributed by atoms with Crippen molar-refractivity contribution in [3.63, 3.8) is 0 Å². The molecule has 1 heterocycles. The van der Waals surface area contributed by atoms with Crippen LogP contribution in [0.15, 0.2) is 18.5 Å². The zero-order valence-electron chi connectivity index (χ0n) is 7.16. The molecule has 0 aliphatic carbocycles. The van der Waals surface area contributed by atoms with Crippen molar-refractivity contribution in [1.29, 1.82) is 0 Å². The zero-order valence-corrected chi connectivity index (χ0v) is 7.97. The van der Waals surface area contributed by atoms with Gasteiger partial charge in [0.05, 0.1) is 0 Å². The molecule has 1 aromatic rings. The third-order valence-electron chi connectivity index (χ3n) is 1.33. The maximum Gasteiger partial charge on any atom is 0.232 e. The summed E-state index contributed by atoms with van der Waals surface area (Å²) in [5.41, 5.74) is 0. The van der Waals surface area contributed by atoms with Gasteiger partial charge < -0.3 is 0 Å². The lowest BCUT2D eigenvalue weighted by Crippen LogP contribution is -1.94. The number of rotatable bonds is 5. The first-order chi connectivity index (χ1) is 5.93. The molecule has 0 aliphatic heterocycles. The van der Waals surface area contributed by atoms with Crippen LogP contribution in [0.4, 0.5) is 5.95 Å². The molecule has 0 saturated heterocycles. The lowest BCUT2D eigenvalue weighted by Gasteiger charge is -2.00. The minimum Gasteiger partial charge on any atom is -0.298 e. The Bertz CT molecular complexity index is 203. The van der Waals surface area contributed by atoms with Gasteiger partial charge in [0.1, 0.15) is 0 Å². The molecule has 0 amide bonds. The SMILES string of the molecule is CCCCSNc1ncccn1. The Labute approximate surface area is 77.1 Å². The molecule has 0 bridgehead atoms. The van der Waals surface area contributed by atoms with E-state index in [9.17, 15) is 0 Å². The molecule has 0 fully saturated rings. The monoisotopic (exact) mass is 183 g/mol. The maximum atomic E-state index is 4.03. The molecule has 1 aromatic heterocycles. The summed E-state index contributed by atoms with van der Waals surface area (Å²) in [6.07, 6.45) is 5.92. The summed E-state index contributed by atoms with van der Waals surface area (Å²) in [7, 11) is 0. The van der Waals surface area contributed by atoms with Crippen molar-refractivity contribution in [3.05, 3.63) is 18.5 Å². The Kier molecular flexibility index (Phi) is 4.52. The summed E-state index contributed by atoms with van der Waals surface area (Å²) in [5, 5.41) is 0. The topological polar surface area (TPSA) is 37.8 Å². The predicted molar refractivity (Wildman–Crippen MR) is 53.0 cm³/mol. The van der Waals surface area contributed by atoms with E-state index >= 15 is 0 Å². The summed E-state index contributed by atoms with van der Waals surface area (Å²) in [6.45, 7) is 2.18. The fourth-order valence-electron chi connectivity index (χ4n) is 0.684. The van der Waals surface area contributed by atoms with Crippen LogP contribution in [-0.2, 0) is 0 Å². The van der Waals surface area contributed by atoms with Gasteiger partial charge in [-0.3, -0.25) is 4.72 Å². The molecule has 3 nitrogen and oxygen atoms in total. The summed E-state index contributed by atoms with van der Waals surface area (Å²) < 4.78 is 3.07. The summed E-state index contributed by atoms with van der Waals surface area (Å²) in [5.74, 6) is 1.80. The third-order valence-corrected chi connectivity index (χ3v) is 2.15. The van der Waals surface area contributed by atoms with Crippen molar-refractivity contribution in [1.82, 2.24) is 9.97 Å². The van der Waals surface area contributed by atoms with Crippen molar-refractivity contribution in [2.75, 3.05) is 10.5 Å². The van der Waals surface area contributed by atoms with Gasteiger partial charge in [-0.1, -0.05) is 25.3 Å². The van der Waals surface area contributed by atoms with Crippen LogP contribution in [0.5, 0.6) is 0 Å². The van der Waals surface area contributed by atoms with Crippen LogP contribution < -0.4 is 4.72 Å². The highest BCUT2D eigenvalue weighted by Crippen LogP contribution is 2.06. The van der Waals surface area contributed by atoms with E-state index in [1.54, 1.807) is 24.3 Å². The Morgan fingerprint density at radius 2 is 2.17 bits per heavy atom. The highest BCUT2D eigenvalue weighted by molar-refractivity contribution is 8.00. The number of nitrogens with one attached hydrogen (secondary N) is 1. The lowest BCUT2D eigenvalue weighted by molar-refractivity contribution is 0.897. The van der Waals surface area contributed by atoms with Crippen LogP contribution in [0, 0.1) is 0 Å². The molecule has 0 atom stereocenters. The molecule has 0 radical (unpaired) electrons. The molecule has 0 aromatic carbocycles. The van der Waals surface area contributed by atoms with E-state index in [2.05, 4.69) is 21.6 Å². The quantitative estimate of drug-likeness (QED) is 0.561. The first-order valence-corrected chi connectivity index (χ1v) is 5.07. The van der Waals surface area contributed by atoms with Gasteiger partial charge >= 0.3 is 0 Å². The van der Waals surface area contributed by atoms with Crippen molar-refractivity contribution in [3.8, 4) is 0 Å². The van der Waals surface area contributed by atoms with Crippen LogP contribution in [0.2, 0.25) is 0 Å². The second-order valence-corrected chi connectivity index (χ2v) is 3.28. The van der Waals surface area contributed by atoms with E-state index in [4.69, 9.17) is 0 Å². The summed E-state index contributed by atoms with van der Waals surface area (Å²) in [6, 6.07) is 1.81. The largest absolute Gasteiger partial charge is 0.298 e. The second kappa shape index (κ2) is 5.83. The molecule has 66 valence electrons. The molecule has 1 rings (SSSR count). The van der Waals surface area contributed by atoms with Crippen LogP contribution in [0.1, 0.15) is 19.8 Å². The molecule has 1 N–H and O–H groups in total. The molecule has 12 heavy (non-hydrogen) atoms. The Balaban J connectivity index is 2.16. The van der Waals surface area contributed by atoms with E-state index in [-0.39, 0.29) is 0 Å². The first kappa shape index (κ1) is 9.32. The molecular formula is C8H13N3S. The van der Waals surface area contributed by atoms with Gasteiger partial charge in [-0.2, -0.15) is 0 Å². The van der Waals surface area contributed by atoms with E-state index in [1.807, 2.05) is 6.07 Å². The normalized spacial score (nSPS) is 9.75. The fraction of sp³-hybridized carbons (Fsp3) is 0.500. The Morgan fingerprint density at radius 1 is 1.42 bits per heavy atom. The molecular weight excluding hydrogens is 170 g/mol. The number of aromatic nitrogens is 2. The number of nitrogens with zero attached hydrogens (tertiary/aromatic N) is 2. The van der Waals surface area contributed by atoms with E-state index < -0.39 is 0 Å². The number of anilines is 1. The molecule has 0 spiro atoms. The molecule has 0 unspecified atom stereocenters. The highest BCUT2D eigenvalue weighted by Gasteiger charge is 1.91. The average Bonchev–Trinajstić information content (AvgIpc) is 2.14. The van der Waals surface area contributed by atoms with Crippen molar-refractivity contribution in [2.45, 2.75) is 19.8 Å². The van der Waals surface area contributed by atoms with Crippen LogP contribution in [0.25, 0.3) is 0 Å². The van der Waals surface area contributed by atoms with Crippen LogP contribution >= 0.6 is 11.9 Å². The summed E-state index contributed by atoms with van der Waals surface area (Å²) in [4.78, 5) is 8.07. The Morgan fingerprint density at radius 3 is 2.83 bits per heavy atom. The minimum absolute atomic E-state index is 0.693. The summed E-state index contributed by atoms with van der Waals surface area (Å²) >= 11 is 1.66. The number of unbranched alkanes of at least 4 members (excludes halogenated alkanes) is 1. The fourth-order valence-corrected chi connectivity index (χ4v) is 1.45. The van der Waals surface area contributed by atoms with E-state index in [0.717, 1.165) is 5.75 Å². The average molecular weight is 183 g/mol. The minimum atomic E-state index is 0.693. The predicted octanol–water partition coefficient (Wildman–Crippen LogP) is 2.34. The highest BCUT2D eigenvalue weighted by atomic mass is 32.2. The van der Waals surface area contributed by atoms with Gasteiger partial charge in [-0.05, 0) is 12.5 Å². The zero-order chi connectivity index (χ0) is 8.65. The van der Waals surface area contributed by atoms with Crippen molar-refractivity contribution in [2.24, 2.45) is 0 Å². The molecule has 0 saturated carbocycles. The van der Waals surface area contributed by atoms with Gasteiger partial charge in [0.15, 0.2) is 0 Å². The first-order valence-electron chi connectivity index (χ1n) is 4.08. The molecule has 0 aliphatic rings. The van der Waals surface area contributed by atoms with Gasteiger partial charge in [0.25, 0.3) is 0 Å². The third kappa shape index (κ3) is 3.57. The van der Waals surface area contributed by atoms with Crippen molar-refractivity contribution >= 4 is 17.9 Å². The van der Waals surface area contributed by atoms with Gasteiger partial charge in [0.2, 0.25) is 5.95 Å². The van der Waals surface area contributed by atoms with Gasteiger partial charge in [-0.25, -0.2) is 9.97 Å². The van der Waals surface area contributed by atoms with Crippen LogP contribution in [-0.4, -0.2) is 15.7 Å². The Hall–Kier alpha value is -0.770. The van der Waals surface area contributed by atoms with E-state index in [1.165, 1.54) is 12.8 Å². The van der Waals surface area contributed by atoms with Gasteiger partial charge in [0, 0.05) is 18.1 Å². The second-order valence-electron chi connectivity index (χ2n) is 2.38.